The molecule has 0 saturated heterocycles. The minimum absolute atomic E-state index is 0.286. The lowest BCUT2D eigenvalue weighted by Crippen LogP contribution is -2.45. The van der Waals surface area contributed by atoms with Gasteiger partial charge in [0, 0.05) is 38.6 Å². The molecule has 11 aromatic rings. The number of fused-ring (bicyclic) bond motifs is 16. The number of para-hydroxylation sites is 3. The lowest BCUT2D eigenvalue weighted by molar-refractivity contribution is 0.410. The molecule has 5 heteroatoms. The van der Waals surface area contributed by atoms with Crippen LogP contribution in [0.5, 0.6) is 11.5 Å². The van der Waals surface area contributed by atoms with Crippen LogP contribution >= 0.6 is 0 Å². The number of hydrogen-bond donors (Lipinski definition) is 2. The van der Waals surface area contributed by atoms with Crippen molar-refractivity contribution in [1.82, 2.24) is 15.2 Å². The molecule has 2 aliphatic heterocycles. The summed E-state index contributed by atoms with van der Waals surface area (Å²) in [5.41, 5.74) is 20.9. The average molecular weight is 925 g/mol. The topological polar surface area (TPSA) is 50.6 Å². The summed E-state index contributed by atoms with van der Waals surface area (Å²) in [6.07, 6.45) is -0.595. The minimum atomic E-state index is -0.592. The third kappa shape index (κ3) is 5.71. The Morgan fingerprint density at radius 1 is 0.486 bits per heavy atom. The van der Waals surface area contributed by atoms with Crippen molar-refractivity contribution in [3.63, 3.8) is 0 Å². The Bertz CT molecular complexity index is 4010. The number of benzene rings is 10. The van der Waals surface area contributed by atoms with Crippen LogP contribution in [0.25, 0.3) is 60.9 Å². The molecular weight excluding hydrogens is 877 g/mol. The van der Waals surface area contributed by atoms with E-state index in [0.29, 0.717) is 0 Å². The highest BCUT2D eigenvalue weighted by molar-refractivity contribution is 6.14. The summed E-state index contributed by atoms with van der Waals surface area (Å²) in [7, 11) is 0. The van der Waals surface area contributed by atoms with E-state index < -0.39 is 5.41 Å². The van der Waals surface area contributed by atoms with Crippen molar-refractivity contribution in [3.8, 4) is 50.6 Å². The second-order valence-electron chi connectivity index (χ2n) is 20.2. The van der Waals surface area contributed by atoms with Crippen molar-refractivity contribution in [2.24, 2.45) is 4.99 Å². The molecule has 4 aliphatic rings. The molecular formula is C67H48N4O. The van der Waals surface area contributed by atoms with E-state index in [-0.39, 0.29) is 17.7 Å². The summed E-state index contributed by atoms with van der Waals surface area (Å²) >= 11 is 0. The molecule has 1 aromatic heterocycles. The normalized spacial score (nSPS) is 17.2. The molecule has 10 aromatic carbocycles. The zero-order valence-corrected chi connectivity index (χ0v) is 39.9. The van der Waals surface area contributed by atoms with Crippen LogP contribution in [0.3, 0.4) is 0 Å². The molecule has 2 N–H and O–H groups in total. The van der Waals surface area contributed by atoms with Gasteiger partial charge in [-0.15, -0.1) is 0 Å². The molecule has 0 bridgehead atoms. The summed E-state index contributed by atoms with van der Waals surface area (Å²) < 4.78 is 9.31. The Balaban J connectivity index is 0.973. The second kappa shape index (κ2) is 15.4. The molecule has 2 aliphatic carbocycles. The van der Waals surface area contributed by atoms with E-state index >= 15 is 0 Å². The monoisotopic (exact) mass is 924 g/mol. The molecule has 2 atom stereocenters. The zero-order valence-electron chi connectivity index (χ0n) is 39.9. The van der Waals surface area contributed by atoms with Crippen molar-refractivity contribution in [3.05, 3.63) is 281 Å². The highest BCUT2D eigenvalue weighted by atomic mass is 16.5. The number of hydrogen-bond acceptors (Lipinski definition) is 4. The molecule has 1 spiro atoms. The first-order valence-electron chi connectivity index (χ1n) is 25.1. The van der Waals surface area contributed by atoms with Crippen molar-refractivity contribution in [2.45, 2.75) is 37.0 Å². The van der Waals surface area contributed by atoms with Crippen molar-refractivity contribution < 1.29 is 4.74 Å². The Hall–Kier alpha value is -8.77. The van der Waals surface area contributed by atoms with E-state index in [0.717, 1.165) is 45.3 Å². The van der Waals surface area contributed by atoms with Gasteiger partial charge in [-0.3, -0.25) is 5.32 Å². The minimum Gasteiger partial charge on any atom is -0.457 e. The van der Waals surface area contributed by atoms with Crippen molar-refractivity contribution >= 4 is 27.6 Å². The van der Waals surface area contributed by atoms with E-state index in [1.54, 1.807) is 0 Å². The number of nitrogens with zero attached hydrogens (tertiary/aromatic N) is 2. The van der Waals surface area contributed by atoms with Gasteiger partial charge in [0.1, 0.15) is 29.7 Å². The number of aliphatic imine (C=N–C) groups is 1. The maximum atomic E-state index is 6.74. The fraction of sp³-hybridized carbons (Fsp3) is 0.0896. The summed E-state index contributed by atoms with van der Waals surface area (Å²) in [6.45, 7) is 4.84. The fourth-order valence-corrected chi connectivity index (χ4v) is 13.0. The molecule has 0 amide bonds. The highest BCUT2D eigenvalue weighted by Gasteiger charge is 2.51. The van der Waals surface area contributed by atoms with Gasteiger partial charge in [-0.2, -0.15) is 0 Å². The predicted molar refractivity (Wildman–Crippen MR) is 292 cm³/mol. The van der Waals surface area contributed by atoms with Gasteiger partial charge in [0.15, 0.2) is 0 Å². The van der Waals surface area contributed by atoms with Crippen LogP contribution in [0.4, 0.5) is 0 Å². The van der Waals surface area contributed by atoms with Crippen molar-refractivity contribution in [1.29, 1.82) is 0 Å². The summed E-state index contributed by atoms with van der Waals surface area (Å²) in [4.78, 5) is 5.41. The van der Waals surface area contributed by atoms with E-state index in [2.05, 4.69) is 260 Å². The Morgan fingerprint density at radius 3 is 1.81 bits per heavy atom. The van der Waals surface area contributed by atoms with Crippen LogP contribution in [0.2, 0.25) is 0 Å². The van der Waals surface area contributed by atoms with Gasteiger partial charge >= 0.3 is 0 Å². The molecule has 342 valence electrons. The first-order valence-corrected chi connectivity index (χ1v) is 25.1. The number of ether oxygens (including phenoxy) is 1. The number of aromatic nitrogens is 1. The van der Waals surface area contributed by atoms with Gasteiger partial charge in [-0.25, -0.2) is 4.99 Å². The summed E-state index contributed by atoms with van der Waals surface area (Å²) in [5, 5.41) is 10.5. The predicted octanol–water partition coefficient (Wildman–Crippen LogP) is 15.6. The second-order valence-corrected chi connectivity index (χ2v) is 20.2. The van der Waals surface area contributed by atoms with Gasteiger partial charge in [-0.05, 0) is 103 Å². The molecule has 0 saturated carbocycles. The van der Waals surface area contributed by atoms with Gasteiger partial charge in [0.2, 0.25) is 0 Å². The largest absolute Gasteiger partial charge is 0.457 e. The van der Waals surface area contributed by atoms with E-state index in [9.17, 15) is 0 Å². The quantitative estimate of drug-likeness (QED) is 0.181. The van der Waals surface area contributed by atoms with Crippen LogP contribution in [-0.2, 0) is 10.8 Å². The maximum absolute atomic E-state index is 6.74. The van der Waals surface area contributed by atoms with Crippen LogP contribution < -0.4 is 15.4 Å². The van der Waals surface area contributed by atoms with Gasteiger partial charge < -0.3 is 14.6 Å². The van der Waals surface area contributed by atoms with Crippen LogP contribution in [0.15, 0.2) is 236 Å². The highest BCUT2D eigenvalue weighted by Crippen LogP contribution is 2.63. The smallest absolute Gasteiger partial charge is 0.132 e. The lowest BCUT2D eigenvalue weighted by atomic mass is 9.66. The third-order valence-electron chi connectivity index (χ3n) is 16.1. The Kier molecular flexibility index (Phi) is 8.76. The van der Waals surface area contributed by atoms with Gasteiger partial charge in [0.05, 0.1) is 16.4 Å². The molecule has 15 rings (SSSR count). The Labute approximate surface area is 418 Å². The van der Waals surface area contributed by atoms with E-state index in [4.69, 9.17) is 9.73 Å². The number of nitrogens with one attached hydrogen (secondary N) is 2. The lowest BCUT2D eigenvalue weighted by Gasteiger charge is -2.39. The molecule has 5 nitrogen and oxygen atoms in total. The third-order valence-corrected chi connectivity index (χ3v) is 16.1. The molecule has 3 heterocycles. The van der Waals surface area contributed by atoms with E-state index in [1.807, 2.05) is 0 Å². The first-order chi connectivity index (χ1) is 35.5. The molecule has 2 unspecified atom stereocenters. The summed E-state index contributed by atoms with van der Waals surface area (Å²) in [6, 6.07) is 84.1. The van der Waals surface area contributed by atoms with Crippen LogP contribution in [0, 0.1) is 0 Å². The van der Waals surface area contributed by atoms with Gasteiger partial charge in [-0.1, -0.05) is 208 Å². The molecule has 0 radical (unpaired) electrons. The standard InChI is InChI=1S/C67H48N4O/c1-66(2)52-26-12-10-25-49(52)60-51(65-69-63(43-21-7-4-8-22-43)68-64(70-65)44-35-33-42(34-36-44)41-19-5-3-6-20-41)40-50-48-24-11-16-30-57(48)71(62(50)61(60)66)45-37-38-47-46-23-9-13-27-53(46)67(56(47)39-45)54-28-14-17-31-58(54)72-59-32-18-15-29-55(59)67/h3-40,64-65,70H,1-2H3,(H,68,69). The fourth-order valence-electron chi connectivity index (χ4n) is 13.0. The van der Waals surface area contributed by atoms with Gasteiger partial charge in [0.25, 0.3) is 0 Å². The van der Waals surface area contributed by atoms with Crippen LogP contribution in [-0.4, -0.2) is 10.4 Å². The van der Waals surface area contributed by atoms with Crippen LogP contribution in [0.1, 0.15) is 76.3 Å². The van der Waals surface area contributed by atoms with E-state index in [1.165, 1.54) is 83.0 Å². The SMILES string of the molecule is CC1(C)c2ccccc2-c2c(C3NC(c4ccccc4)=NC(c4ccc(-c5ccccc5)cc4)N3)cc3c4ccccc4n(-c4ccc5c(c4)C4(c6ccccc6Oc6ccccc64)c4ccccc4-5)c3c21. The molecule has 72 heavy (non-hydrogen) atoms. The first kappa shape index (κ1) is 41.1. The molecule has 0 fully saturated rings. The summed E-state index contributed by atoms with van der Waals surface area (Å²) in [5.74, 6) is 2.65. The zero-order chi connectivity index (χ0) is 47.7. The number of amidine groups is 1. The maximum Gasteiger partial charge on any atom is 0.132 e. The average Bonchev–Trinajstić information content (AvgIpc) is 4.02. The Morgan fingerprint density at radius 2 is 1.07 bits per heavy atom. The number of rotatable bonds is 5. The van der Waals surface area contributed by atoms with Crippen molar-refractivity contribution in [2.75, 3.05) is 0 Å².